The molecule has 1 saturated heterocycles. The molecule has 0 aliphatic carbocycles. The predicted octanol–water partition coefficient (Wildman–Crippen LogP) is 3.68. The van der Waals surface area contributed by atoms with Crippen molar-refractivity contribution in [2.24, 2.45) is 5.92 Å². The lowest BCUT2D eigenvalue weighted by molar-refractivity contribution is 0.0638. The minimum absolute atomic E-state index is 0. The molecular formula is C18H26Cl2N4OS. The van der Waals surface area contributed by atoms with Gasteiger partial charge in [-0.15, -0.1) is 36.2 Å². The van der Waals surface area contributed by atoms with Crippen molar-refractivity contribution in [2.45, 2.75) is 33.2 Å². The van der Waals surface area contributed by atoms with Crippen molar-refractivity contribution in [1.82, 2.24) is 20.2 Å². The highest BCUT2D eigenvalue weighted by atomic mass is 35.5. The molecule has 0 spiro atoms. The van der Waals surface area contributed by atoms with E-state index in [2.05, 4.69) is 29.1 Å². The van der Waals surface area contributed by atoms with E-state index in [-0.39, 0.29) is 36.8 Å². The SMILES string of the molecule is Cc1nc(CC(C)C)sc1C(=O)N1CCNCC1c1cccnc1.Cl.Cl. The smallest absolute Gasteiger partial charge is 0.266 e. The van der Waals surface area contributed by atoms with E-state index < -0.39 is 0 Å². The molecule has 26 heavy (non-hydrogen) atoms. The van der Waals surface area contributed by atoms with Gasteiger partial charge in [0.15, 0.2) is 0 Å². The second kappa shape index (κ2) is 10.2. The zero-order valence-corrected chi connectivity index (χ0v) is 17.7. The van der Waals surface area contributed by atoms with E-state index in [1.807, 2.05) is 30.2 Å². The van der Waals surface area contributed by atoms with Crippen LogP contribution in [0, 0.1) is 12.8 Å². The van der Waals surface area contributed by atoms with Crippen LogP contribution in [0.3, 0.4) is 0 Å². The highest BCUT2D eigenvalue weighted by Crippen LogP contribution is 2.28. The van der Waals surface area contributed by atoms with Crippen LogP contribution in [0.1, 0.15) is 45.8 Å². The van der Waals surface area contributed by atoms with E-state index in [1.54, 1.807) is 17.5 Å². The molecule has 2 aromatic rings. The third-order valence-electron chi connectivity index (χ3n) is 4.19. The molecule has 0 bridgehead atoms. The lowest BCUT2D eigenvalue weighted by atomic mass is 10.0. The van der Waals surface area contributed by atoms with Crippen LogP contribution in [-0.4, -0.2) is 40.4 Å². The minimum Gasteiger partial charge on any atom is -0.328 e. The Hall–Kier alpha value is -1.21. The number of halogens is 2. The van der Waals surface area contributed by atoms with Crippen molar-refractivity contribution in [3.05, 3.63) is 45.7 Å². The van der Waals surface area contributed by atoms with Gasteiger partial charge in [0.05, 0.1) is 16.7 Å². The van der Waals surface area contributed by atoms with E-state index in [9.17, 15) is 4.79 Å². The number of aromatic nitrogens is 2. The highest BCUT2D eigenvalue weighted by molar-refractivity contribution is 7.13. The molecule has 5 nitrogen and oxygen atoms in total. The molecule has 144 valence electrons. The van der Waals surface area contributed by atoms with Crippen LogP contribution in [0.4, 0.5) is 0 Å². The van der Waals surface area contributed by atoms with Gasteiger partial charge in [0.2, 0.25) is 0 Å². The highest BCUT2D eigenvalue weighted by Gasteiger charge is 2.30. The Bertz CT molecular complexity index is 708. The third-order valence-corrected chi connectivity index (χ3v) is 5.36. The van der Waals surface area contributed by atoms with Gasteiger partial charge in [0.1, 0.15) is 4.88 Å². The first-order chi connectivity index (χ1) is 11.6. The molecule has 0 saturated carbocycles. The van der Waals surface area contributed by atoms with Gasteiger partial charge in [0.25, 0.3) is 5.91 Å². The summed E-state index contributed by atoms with van der Waals surface area (Å²) in [5.74, 6) is 0.635. The maximum absolute atomic E-state index is 13.2. The predicted molar refractivity (Wildman–Crippen MR) is 111 cm³/mol. The number of piperazine rings is 1. The van der Waals surface area contributed by atoms with Crippen LogP contribution in [0.25, 0.3) is 0 Å². The van der Waals surface area contributed by atoms with Gasteiger partial charge in [-0.3, -0.25) is 9.78 Å². The molecule has 8 heteroatoms. The lowest BCUT2D eigenvalue weighted by Gasteiger charge is -2.36. The number of pyridine rings is 1. The summed E-state index contributed by atoms with van der Waals surface area (Å²) in [6.07, 6.45) is 4.53. The fourth-order valence-corrected chi connectivity index (χ4v) is 4.27. The van der Waals surface area contributed by atoms with E-state index in [0.29, 0.717) is 12.5 Å². The normalized spacial score (nSPS) is 16.8. The van der Waals surface area contributed by atoms with Crippen LogP contribution >= 0.6 is 36.2 Å². The lowest BCUT2D eigenvalue weighted by Crippen LogP contribution is -2.48. The number of carbonyl (C=O) groups is 1. The Morgan fingerprint density at radius 2 is 2.19 bits per heavy atom. The first-order valence-electron chi connectivity index (χ1n) is 8.44. The average Bonchev–Trinajstić information content (AvgIpc) is 2.94. The van der Waals surface area contributed by atoms with E-state index >= 15 is 0 Å². The van der Waals surface area contributed by atoms with Crippen molar-refractivity contribution in [1.29, 1.82) is 0 Å². The number of aryl methyl sites for hydroxylation is 1. The maximum atomic E-state index is 13.2. The molecule has 2 aromatic heterocycles. The quantitative estimate of drug-likeness (QED) is 0.825. The Morgan fingerprint density at radius 3 is 2.85 bits per heavy atom. The molecule has 0 radical (unpaired) electrons. The maximum Gasteiger partial charge on any atom is 0.266 e. The molecule has 1 unspecified atom stereocenters. The van der Waals surface area contributed by atoms with Crippen LogP contribution in [-0.2, 0) is 6.42 Å². The summed E-state index contributed by atoms with van der Waals surface area (Å²) in [5.41, 5.74) is 1.92. The zero-order valence-electron chi connectivity index (χ0n) is 15.3. The summed E-state index contributed by atoms with van der Waals surface area (Å²) in [6, 6.07) is 3.98. The molecule has 1 fully saturated rings. The topological polar surface area (TPSA) is 58.1 Å². The van der Waals surface area contributed by atoms with Gasteiger partial charge in [0, 0.05) is 38.4 Å². The number of thiazole rings is 1. The third kappa shape index (κ3) is 5.16. The summed E-state index contributed by atoms with van der Waals surface area (Å²) in [6.45, 7) is 8.57. The van der Waals surface area contributed by atoms with Gasteiger partial charge in [-0.25, -0.2) is 4.98 Å². The van der Waals surface area contributed by atoms with E-state index in [4.69, 9.17) is 0 Å². The van der Waals surface area contributed by atoms with Gasteiger partial charge in [-0.1, -0.05) is 19.9 Å². The Labute approximate surface area is 171 Å². The first-order valence-corrected chi connectivity index (χ1v) is 9.26. The molecular weight excluding hydrogens is 391 g/mol. The van der Waals surface area contributed by atoms with E-state index in [0.717, 1.165) is 40.7 Å². The molecule has 1 aliphatic heterocycles. The molecule has 3 heterocycles. The van der Waals surface area contributed by atoms with Crippen molar-refractivity contribution < 1.29 is 4.79 Å². The van der Waals surface area contributed by atoms with Gasteiger partial charge < -0.3 is 10.2 Å². The number of hydrogen-bond donors (Lipinski definition) is 1. The van der Waals surface area contributed by atoms with Gasteiger partial charge in [-0.05, 0) is 24.5 Å². The Kier molecular flexibility index (Phi) is 8.96. The summed E-state index contributed by atoms with van der Waals surface area (Å²) in [4.78, 5) is 24.7. The van der Waals surface area contributed by atoms with Crippen LogP contribution in [0.15, 0.2) is 24.5 Å². The number of amides is 1. The summed E-state index contributed by atoms with van der Waals surface area (Å²) in [5, 5.41) is 4.44. The molecule has 0 aromatic carbocycles. The second-order valence-corrected chi connectivity index (χ2v) is 7.71. The van der Waals surface area contributed by atoms with E-state index in [1.165, 1.54) is 0 Å². The van der Waals surface area contributed by atoms with Crippen LogP contribution in [0.5, 0.6) is 0 Å². The van der Waals surface area contributed by atoms with Crippen LogP contribution < -0.4 is 5.32 Å². The Morgan fingerprint density at radius 1 is 1.42 bits per heavy atom. The summed E-state index contributed by atoms with van der Waals surface area (Å²) in [7, 11) is 0. The average molecular weight is 417 g/mol. The Balaban J connectivity index is 0.00000169. The van der Waals surface area contributed by atoms with Crippen LogP contribution in [0.2, 0.25) is 0 Å². The summed E-state index contributed by atoms with van der Waals surface area (Å²) >= 11 is 1.55. The molecule has 1 amide bonds. The molecule has 1 N–H and O–H groups in total. The monoisotopic (exact) mass is 416 g/mol. The van der Waals surface area contributed by atoms with Gasteiger partial charge in [-0.2, -0.15) is 0 Å². The second-order valence-electron chi connectivity index (χ2n) is 6.62. The molecule has 3 rings (SSSR count). The first kappa shape index (κ1) is 22.8. The number of hydrogen-bond acceptors (Lipinski definition) is 5. The van der Waals surface area contributed by atoms with Crippen molar-refractivity contribution in [3.63, 3.8) is 0 Å². The number of nitrogens with zero attached hydrogens (tertiary/aromatic N) is 3. The minimum atomic E-state index is 0. The number of rotatable bonds is 4. The van der Waals surface area contributed by atoms with Crippen molar-refractivity contribution >= 4 is 42.1 Å². The fourth-order valence-electron chi connectivity index (χ4n) is 3.04. The largest absolute Gasteiger partial charge is 0.328 e. The molecule has 1 atom stereocenters. The standard InChI is InChI=1S/C18H24N4OS.2ClH/c1-12(2)9-16-21-13(3)17(24-16)18(23)22-8-7-20-11-15(22)14-5-4-6-19-10-14;;/h4-6,10,12,15,20H,7-9,11H2,1-3H3;2*1H. The van der Waals surface area contributed by atoms with Gasteiger partial charge >= 0.3 is 0 Å². The van der Waals surface area contributed by atoms with Crippen molar-refractivity contribution in [2.75, 3.05) is 19.6 Å². The zero-order chi connectivity index (χ0) is 17.1. The fraction of sp³-hybridized carbons (Fsp3) is 0.500. The summed E-state index contributed by atoms with van der Waals surface area (Å²) < 4.78 is 0. The van der Waals surface area contributed by atoms with Crippen molar-refractivity contribution in [3.8, 4) is 0 Å². The number of nitrogens with one attached hydrogen (secondary N) is 1. The number of carbonyl (C=O) groups excluding carboxylic acids is 1. The molecule has 1 aliphatic rings.